The molecule has 3 aliphatic rings. The van der Waals surface area contributed by atoms with E-state index in [-0.39, 0.29) is 17.1 Å². The second-order valence-electron chi connectivity index (χ2n) is 10.5. The van der Waals surface area contributed by atoms with Crippen LogP contribution in [0.15, 0.2) is 35.9 Å². The molecule has 0 aliphatic heterocycles. The number of allylic oxidation sites excluding steroid dienone is 1. The van der Waals surface area contributed by atoms with Crippen LogP contribution in [0.4, 0.5) is 22.0 Å². The largest absolute Gasteiger partial charge is 0.573 e. The molecule has 36 heavy (non-hydrogen) atoms. The van der Waals surface area contributed by atoms with Crippen molar-refractivity contribution < 1.29 is 36.9 Å². The van der Waals surface area contributed by atoms with Crippen molar-refractivity contribution in [3.63, 3.8) is 0 Å². The highest BCUT2D eigenvalue weighted by molar-refractivity contribution is 5.27. The summed E-state index contributed by atoms with van der Waals surface area (Å²) in [6.07, 6.45) is -5.97. The Hall–Kier alpha value is -1.63. The van der Waals surface area contributed by atoms with E-state index in [1.54, 1.807) is 0 Å². The Balaban J connectivity index is 1.45. The molecule has 2 saturated carbocycles. The molecule has 4 rings (SSSR count). The van der Waals surface area contributed by atoms with Gasteiger partial charge in [-0.15, -0.1) is 13.2 Å². The zero-order chi connectivity index (χ0) is 29.3. The minimum absolute atomic E-state index is 0.118. The van der Waals surface area contributed by atoms with Gasteiger partial charge in [-0.25, -0.2) is 8.78 Å². The van der Waals surface area contributed by atoms with Crippen molar-refractivity contribution in [1.82, 2.24) is 0 Å². The minimum atomic E-state index is -4.87. The van der Waals surface area contributed by atoms with Gasteiger partial charge in [0.05, 0.1) is 10.7 Å². The van der Waals surface area contributed by atoms with Crippen LogP contribution in [-0.2, 0) is 11.3 Å². The molecular weight excluding hydrogens is 475 g/mol. The summed E-state index contributed by atoms with van der Waals surface area (Å²) in [6, 6.07) is 4.48. The van der Waals surface area contributed by atoms with Gasteiger partial charge in [0, 0.05) is 7.77 Å². The zero-order valence-electron chi connectivity index (χ0n) is 24.8. The predicted octanol–water partition coefficient (Wildman–Crippen LogP) is 8.89. The molecule has 0 aromatic heterocycles. The summed E-state index contributed by atoms with van der Waals surface area (Å²) in [5.74, 6) is 1.21. The second kappa shape index (κ2) is 12.3. The van der Waals surface area contributed by atoms with Gasteiger partial charge in [0.15, 0.2) is 6.15 Å². The Bertz CT molecular complexity index is 1020. The molecule has 4 atom stereocenters. The second-order valence-corrected chi connectivity index (χ2v) is 10.5. The van der Waals surface area contributed by atoms with Crippen LogP contribution >= 0.6 is 0 Å². The lowest BCUT2D eigenvalue weighted by Crippen LogP contribution is -2.37. The number of ether oxygens (including phenoxy) is 2. The molecule has 3 aliphatic carbocycles. The molecule has 1 aromatic rings. The Morgan fingerprint density at radius 3 is 2.14 bits per heavy atom. The van der Waals surface area contributed by atoms with Gasteiger partial charge in [-0.3, -0.25) is 0 Å². The molecule has 2 nitrogen and oxygen atoms in total. The fourth-order valence-corrected chi connectivity index (χ4v) is 6.15. The monoisotopic (exact) mass is 518 g/mol. The molecule has 0 spiro atoms. The topological polar surface area (TPSA) is 18.5 Å². The van der Waals surface area contributed by atoms with Gasteiger partial charge in [-0.05, 0) is 79.9 Å². The standard InChI is InChI=1S/C29H39F5O2/c1-2-3-19-4-8-21(9-5-19)22-10-12-23(13-11-22)24-16-26(30)28(31)27(17-24)35-18-20-6-14-25(15-7-20)36-29(32,33)34/h6-7,14-15,17,19,21-23,26-28H,2-5,8-13,16,18H2,1H3/i16D,26D,27D,28D. The molecule has 7 heteroatoms. The van der Waals surface area contributed by atoms with Crippen molar-refractivity contribution in [2.75, 3.05) is 0 Å². The van der Waals surface area contributed by atoms with Crippen molar-refractivity contribution in [1.29, 1.82) is 0 Å². The molecule has 4 unspecified atom stereocenters. The van der Waals surface area contributed by atoms with Crippen LogP contribution in [0.1, 0.15) is 88.6 Å². The summed E-state index contributed by atoms with van der Waals surface area (Å²) in [5, 5.41) is 0. The Morgan fingerprint density at radius 1 is 0.944 bits per heavy atom. The summed E-state index contributed by atoms with van der Waals surface area (Å²) < 4.78 is 110. The van der Waals surface area contributed by atoms with Gasteiger partial charge >= 0.3 is 6.36 Å². The van der Waals surface area contributed by atoms with Crippen molar-refractivity contribution in [3.8, 4) is 5.75 Å². The van der Waals surface area contributed by atoms with Crippen LogP contribution in [0.3, 0.4) is 0 Å². The number of hydrogen-bond donors (Lipinski definition) is 0. The fraction of sp³-hybridized carbons (Fsp3) is 0.724. The van der Waals surface area contributed by atoms with E-state index in [9.17, 15) is 13.2 Å². The maximum Gasteiger partial charge on any atom is 0.573 e. The van der Waals surface area contributed by atoms with E-state index in [1.807, 2.05) is 0 Å². The lowest BCUT2D eigenvalue weighted by Gasteiger charge is -2.39. The number of hydrogen-bond acceptors (Lipinski definition) is 2. The number of rotatable bonds is 8. The number of alkyl halides is 5. The summed E-state index contributed by atoms with van der Waals surface area (Å²) in [4.78, 5) is 0. The average Bonchev–Trinajstić information content (AvgIpc) is 2.90. The van der Waals surface area contributed by atoms with Gasteiger partial charge in [0.25, 0.3) is 0 Å². The molecule has 0 bridgehead atoms. The Kier molecular flexibility index (Phi) is 7.63. The van der Waals surface area contributed by atoms with Crippen LogP contribution in [0.2, 0.25) is 0 Å². The van der Waals surface area contributed by atoms with Crippen LogP contribution in [-0.4, -0.2) is 24.7 Å². The maximum atomic E-state index is 15.5. The first-order valence-electron chi connectivity index (χ1n) is 15.3. The van der Waals surface area contributed by atoms with E-state index in [1.165, 1.54) is 50.7 Å². The molecule has 0 N–H and O–H groups in total. The molecule has 1 aromatic carbocycles. The maximum absolute atomic E-state index is 15.5. The van der Waals surface area contributed by atoms with E-state index in [4.69, 9.17) is 10.2 Å². The van der Waals surface area contributed by atoms with Crippen LogP contribution in [0.25, 0.3) is 0 Å². The molecule has 0 saturated heterocycles. The van der Waals surface area contributed by atoms with Gasteiger partial charge in [0.1, 0.15) is 18.0 Å². The average molecular weight is 519 g/mol. The van der Waals surface area contributed by atoms with Crippen molar-refractivity contribution in [2.24, 2.45) is 23.7 Å². The molecular formula is C29H39F5O2. The summed E-state index contributed by atoms with van der Waals surface area (Å²) in [7, 11) is 0. The molecule has 0 radical (unpaired) electrons. The van der Waals surface area contributed by atoms with Gasteiger partial charge in [-0.1, -0.05) is 56.4 Å². The fourth-order valence-electron chi connectivity index (χ4n) is 6.15. The third kappa shape index (κ3) is 7.45. The quantitative estimate of drug-likeness (QED) is 0.253. The summed E-state index contributed by atoms with van der Waals surface area (Å²) in [5.41, 5.74) is 0.357. The van der Waals surface area contributed by atoms with Gasteiger partial charge < -0.3 is 9.47 Å². The normalized spacial score (nSPS) is 43.5. The SMILES string of the molecule is [2H]C1C(C2CCC(C3CCC(CCC)CC3)CC2)=CC([2H])(OCc2ccc(OC(F)(F)F)cc2)C([2H])(F)C1([2H])F. The van der Waals surface area contributed by atoms with Crippen LogP contribution in [0.5, 0.6) is 5.75 Å². The lowest BCUT2D eigenvalue weighted by molar-refractivity contribution is -0.274. The van der Waals surface area contributed by atoms with Crippen LogP contribution in [0, 0.1) is 23.7 Å². The van der Waals surface area contributed by atoms with E-state index >= 15 is 8.78 Å². The Morgan fingerprint density at radius 2 is 1.56 bits per heavy atom. The minimum Gasteiger partial charge on any atom is -0.406 e. The van der Waals surface area contributed by atoms with Crippen molar-refractivity contribution >= 4 is 0 Å². The molecule has 0 amide bonds. The van der Waals surface area contributed by atoms with Gasteiger partial charge in [-0.2, -0.15) is 0 Å². The highest BCUT2D eigenvalue weighted by Gasteiger charge is 2.38. The number of halogens is 5. The van der Waals surface area contributed by atoms with Crippen LogP contribution < -0.4 is 4.74 Å². The Labute approximate surface area is 217 Å². The van der Waals surface area contributed by atoms with Crippen molar-refractivity contribution in [2.45, 2.75) is 109 Å². The van der Waals surface area contributed by atoms with E-state index < -0.39 is 43.5 Å². The lowest BCUT2D eigenvalue weighted by atomic mass is 9.67. The first kappa shape index (κ1) is 22.4. The molecule has 2 fully saturated rings. The molecule has 202 valence electrons. The molecule has 0 heterocycles. The summed E-state index contributed by atoms with van der Waals surface area (Å²) >= 11 is 0. The summed E-state index contributed by atoms with van der Waals surface area (Å²) in [6.45, 7) is 1.70. The first-order valence-corrected chi connectivity index (χ1v) is 13.2. The smallest absolute Gasteiger partial charge is 0.406 e. The zero-order valence-corrected chi connectivity index (χ0v) is 20.8. The van der Waals surface area contributed by atoms with E-state index in [0.717, 1.165) is 37.0 Å². The number of benzene rings is 1. The highest BCUT2D eigenvalue weighted by Crippen LogP contribution is 2.45. The van der Waals surface area contributed by atoms with Crippen molar-refractivity contribution in [3.05, 3.63) is 41.5 Å². The van der Waals surface area contributed by atoms with E-state index in [2.05, 4.69) is 11.7 Å². The van der Waals surface area contributed by atoms with E-state index in [0.29, 0.717) is 24.7 Å². The third-order valence-corrected chi connectivity index (χ3v) is 8.07. The highest BCUT2D eigenvalue weighted by atomic mass is 19.4. The van der Waals surface area contributed by atoms with Gasteiger partial charge in [0.2, 0.25) is 0 Å². The predicted molar refractivity (Wildman–Crippen MR) is 130 cm³/mol. The first-order chi connectivity index (χ1) is 18.7. The third-order valence-electron chi connectivity index (χ3n) is 8.07.